The lowest BCUT2D eigenvalue weighted by molar-refractivity contribution is 0.0967. The molecule has 0 spiro atoms. The van der Waals surface area contributed by atoms with Crippen molar-refractivity contribution in [2.45, 2.75) is 6.42 Å². The van der Waals surface area contributed by atoms with Crippen molar-refractivity contribution in [1.29, 1.82) is 5.26 Å². The molecule has 0 unspecified atom stereocenters. The SMILES string of the molecule is N#Cc1cccc2c1C(=O)C2. The molecule has 1 aromatic carbocycles. The fourth-order valence-electron chi connectivity index (χ4n) is 1.32. The van der Waals surface area contributed by atoms with E-state index in [1.54, 1.807) is 6.07 Å². The summed E-state index contributed by atoms with van der Waals surface area (Å²) in [5.74, 6) is 0.0946. The lowest BCUT2D eigenvalue weighted by atomic mass is 9.84. The molecule has 0 aliphatic heterocycles. The first kappa shape index (κ1) is 6.11. The van der Waals surface area contributed by atoms with E-state index in [1.807, 2.05) is 18.2 Å². The van der Waals surface area contributed by atoms with Crippen LogP contribution in [0.2, 0.25) is 0 Å². The van der Waals surface area contributed by atoms with Gasteiger partial charge in [-0.15, -0.1) is 0 Å². The third-order valence-corrected chi connectivity index (χ3v) is 1.90. The summed E-state index contributed by atoms with van der Waals surface area (Å²) in [4.78, 5) is 11.0. The highest BCUT2D eigenvalue weighted by molar-refractivity contribution is 6.08. The normalized spacial score (nSPS) is 13.2. The van der Waals surface area contributed by atoms with Gasteiger partial charge in [0.05, 0.1) is 11.6 Å². The van der Waals surface area contributed by atoms with E-state index < -0.39 is 0 Å². The topological polar surface area (TPSA) is 40.9 Å². The molecule has 2 heteroatoms. The fourth-order valence-corrected chi connectivity index (χ4v) is 1.32. The Morgan fingerprint density at radius 1 is 1.45 bits per heavy atom. The van der Waals surface area contributed by atoms with Gasteiger partial charge in [0, 0.05) is 12.0 Å². The van der Waals surface area contributed by atoms with Gasteiger partial charge in [-0.25, -0.2) is 0 Å². The average Bonchev–Trinajstić information content (AvgIpc) is 2.01. The number of hydrogen-bond acceptors (Lipinski definition) is 2. The lowest BCUT2D eigenvalue weighted by Gasteiger charge is -2.17. The van der Waals surface area contributed by atoms with Crippen molar-refractivity contribution >= 4 is 5.78 Å². The van der Waals surface area contributed by atoms with Gasteiger partial charge in [-0.05, 0) is 11.6 Å². The molecule has 52 valence electrons. The molecule has 1 aliphatic rings. The van der Waals surface area contributed by atoms with Crippen LogP contribution in [0.4, 0.5) is 0 Å². The Balaban J connectivity index is 2.70. The van der Waals surface area contributed by atoms with Crippen molar-refractivity contribution in [1.82, 2.24) is 0 Å². The number of nitriles is 1. The highest BCUT2D eigenvalue weighted by atomic mass is 16.1. The fraction of sp³-hybridized carbons (Fsp3) is 0.111. The number of fused-ring (bicyclic) bond motifs is 1. The first-order valence-corrected chi connectivity index (χ1v) is 3.38. The number of carbonyl (C=O) groups is 1. The van der Waals surface area contributed by atoms with Gasteiger partial charge in [0.1, 0.15) is 0 Å². The molecular weight excluding hydrogens is 138 g/mol. The van der Waals surface area contributed by atoms with E-state index >= 15 is 0 Å². The summed E-state index contributed by atoms with van der Waals surface area (Å²) in [5.41, 5.74) is 2.16. The zero-order valence-electron chi connectivity index (χ0n) is 5.79. The molecule has 1 aliphatic carbocycles. The van der Waals surface area contributed by atoms with Gasteiger partial charge in [0.2, 0.25) is 0 Å². The van der Waals surface area contributed by atoms with Gasteiger partial charge in [0.25, 0.3) is 0 Å². The number of nitrogens with zero attached hydrogens (tertiary/aromatic N) is 1. The van der Waals surface area contributed by atoms with Crippen LogP contribution in [0.5, 0.6) is 0 Å². The van der Waals surface area contributed by atoms with Crippen LogP contribution < -0.4 is 0 Å². The Morgan fingerprint density at radius 3 is 2.82 bits per heavy atom. The zero-order chi connectivity index (χ0) is 7.84. The van der Waals surface area contributed by atoms with Crippen LogP contribution in [-0.2, 0) is 6.42 Å². The van der Waals surface area contributed by atoms with Crippen molar-refractivity contribution in [2.24, 2.45) is 0 Å². The molecule has 2 nitrogen and oxygen atoms in total. The molecule has 0 radical (unpaired) electrons. The predicted octanol–water partition coefficient (Wildman–Crippen LogP) is 1.30. The van der Waals surface area contributed by atoms with E-state index in [9.17, 15) is 4.79 Å². The van der Waals surface area contributed by atoms with E-state index in [0.29, 0.717) is 17.5 Å². The van der Waals surface area contributed by atoms with Gasteiger partial charge in [-0.3, -0.25) is 4.79 Å². The lowest BCUT2D eigenvalue weighted by Crippen LogP contribution is -2.20. The maximum Gasteiger partial charge on any atom is 0.168 e. The number of Topliss-reactive ketones (excluding diaryl/α,β-unsaturated/α-hetero) is 1. The molecule has 11 heavy (non-hydrogen) atoms. The van der Waals surface area contributed by atoms with Crippen LogP contribution in [0.15, 0.2) is 18.2 Å². The number of hydrogen-bond donors (Lipinski definition) is 0. The Hall–Kier alpha value is -1.62. The molecule has 0 fully saturated rings. The monoisotopic (exact) mass is 143 g/mol. The molecule has 0 bridgehead atoms. The van der Waals surface area contributed by atoms with E-state index in [-0.39, 0.29) is 5.78 Å². The van der Waals surface area contributed by atoms with E-state index in [2.05, 4.69) is 0 Å². The van der Waals surface area contributed by atoms with Gasteiger partial charge in [-0.2, -0.15) is 5.26 Å². The summed E-state index contributed by atoms with van der Waals surface area (Å²) < 4.78 is 0. The van der Waals surface area contributed by atoms with Crippen LogP contribution in [0, 0.1) is 11.3 Å². The van der Waals surface area contributed by atoms with E-state index in [4.69, 9.17) is 5.26 Å². The smallest absolute Gasteiger partial charge is 0.168 e. The molecule has 0 saturated heterocycles. The number of carbonyl (C=O) groups excluding carboxylic acids is 1. The van der Waals surface area contributed by atoms with Crippen molar-refractivity contribution in [3.05, 3.63) is 34.9 Å². The third kappa shape index (κ3) is 0.681. The minimum absolute atomic E-state index is 0.0946. The summed E-state index contributed by atoms with van der Waals surface area (Å²) in [6.07, 6.45) is 0.505. The molecule has 0 aromatic heterocycles. The summed E-state index contributed by atoms with van der Waals surface area (Å²) in [6, 6.07) is 7.37. The van der Waals surface area contributed by atoms with Crippen molar-refractivity contribution in [3.8, 4) is 6.07 Å². The van der Waals surface area contributed by atoms with Crippen LogP contribution in [-0.4, -0.2) is 5.78 Å². The molecule has 0 N–H and O–H groups in total. The maximum atomic E-state index is 11.0. The molecule has 1 aromatic rings. The minimum atomic E-state index is 0.0946. The second-order valence-electron chi connectivity index (χ2n) is 2.55. The Labute approximate surface area is 64.1 Å². The summed E-state index contributed by atoms with van der Waals surface area (Å²) in [5, 5.41) is 8.59. The Morgan fingerprint density at radius 2 is 2.27 bits per heavy atom. The average molecular weight is 143 g/mol. The second kappa shape index (κ2) is 1.93. The molecular formula is C9H5NO. The second-order valence-corrected chi connectivity index (χ2v) is 2.55. The van der Waals surface area contributed by atoms with Crippen molar-refractivity contribution in [3.63, 3.8) is 0 Å². The first-order valence-electron chi connectivity index (χ1n) is 3.38. The maximum absolute atomic E-state index is 11.0. The highest BCUT2D eigenvalue weighted by Gasteiger charge is 2.25. The largest absolute Gasteiger partial charge is 0.294 e. The quantitative estimate of drug-likeness (QED) is 0.549. The number of ketones is 1. The summed E-state index contributed by atoms with van der Waals surface area (Å²) in [6.45, 7) is 0. The standard InChI is InChI=1S/C9H5NO/c10-5-7-3-1-2-6-4-8(11)9(6)7/h1-3H,4H2. The number of benzene rings is 1. The van der Waals surface area contributed by atoms with Crippen molar-refractivity contribution in [2.75, 3.05) is 0 Å². The molecule has 0 saturated carbocycles. The Kier molecular flexibility index (Phi) is 1.07. The van der Waals surface area contributed by atoms with Crippen LogP contribution in [0.1, 0.15) is 21.5 Å². The van der Waals surface area contributed by atoms with E-state index in [1.165, 1.54) is 0 Å². The first-order chi connectivity index (χ1) is 5.33. The summed E-state index contributed by atoms with van der Waals surface area (Å²) in [7, 11) is 0. The predicted molar refractivity (Wildman–Crippen MR) is 39.2 cm³/mol. The van der Waals surface area contributed by atoms with Crippen molar-refractivity contribution < 1.29 is 4.79 Å². The van der Waals surface area contributed by atoms with Crippen LogP contribution in [0.25, 0.3) is 0 Å². The van der Waals surface area contributed by atoms with Gasteiger partial charge < -0.3 is 0 Å². The zero-order valence-corrected chi connectivity index (χ0v) is 5.79. The molecule has 0 heterocycles. The van der Waals surface area contributed by atoms with E-state index in [0.717, 1.165) is 5.56 Å². The van der Waals surface area contributed by atoms with Gasteiger partial charge >= 0.3 is 0 Å². The van der Waals surface area contributed by atoms with Gasteiger partial charge in [0.15, 0.2) is 5.78 Å². The molecule has 0 amide bonds. The minimum Gasteiger partial charge on any atom is -0.294 e. The molecule has 0 atom stereocenters. The highest BCUT2D eigenvalue weighted by Crippen LogP contribution is 2.25. The number of rotatable bonds is 0. The third-order valence-electron chi connectivity index (χ3n) is 1.90. The van der Waals surface area contributed by atoms with Crippen LogP contribution >= 0.6 is 0 Å². The summed E-state index contributed by atoms with van der Waals surface area (Å²) >= 11 is 0. The Bertz CT molecular complexity index is 374. The molecule has 2 rings (SSSR count). The van der Waals surface area contributed by atoms with Crippen LogP contribution in [0.3, 0.4) is 0 Å². The van der Waals surface area contributed by atoms with Gasteiger partial charge in [-0.1, -0.05) is 12.1 Å².